The average molecular weight is 464 g/mol. The van der Waals surface area contributed by atoms with Gasteiger partial charge in [-0.05, 0) is 37.8 Å². The molecule has 2 amide bonds. The number of benzene rings is 1. The van der Waals surface area contributed by atoms with Gasteiger partial charge < -0.3 is 10.2 Å². The van der Waals surface area contributed by atoms with Crippen LogP contribution in [0.3, 0.4) is 0 Å². The lowest BCUT2D eigenvalue weighted by molar-refractivity contribution is -0.139. The van der Waals surface area contributed by atoms with E-state index in [1.807, 2.05) is 6.92 Å². The van der Waals surface area contributed by atoms with E-state index in [4.69, 9.17) is 0 Å². The van der Waals surface area contributed by atoms with E-state index in [2.05, 4.69) is 5.32 Å². The molecule has 1 N–H and O–H groups in total. The summed E-state index contributed by atoms with van der Waals surface area (Å²) in [5.41, 5.74) is -0.526. The third-order valence-electron chi connectivity index (χ3n) is 5.04. The fourth-order valence-electron chi connectivity index (χ4n) is 3.56. The molecule has 0 aliphatic carbocycles. The maximum Gasteiger partial charge on any atom is 0.244 e. The number of amides is 2. The van der Waals surface area contributed by atoms with Crippen LogP contribution in [0.5, 0.6) is 0 Å². The number of piperidine rings is 1. The number of anilines is 1. The highest BCUT2D eigenvalue weighted by Gasteiger charge is 2.34. The lowest BCUT2D eigenvalue weighted by Crippen LogP contribution is -2.48. The zero-order valence-corrected chi connectivity index (χ0v) is 18.5. The molecule has 1 heterocycles. The molecule has 11 heteroatoms. The maximum absolute atomic E-state index is 13.8. The Hall–Kier alpha value is -2.14. The molecule has 1 atom stereocenters. The van der Waals surface area contributed by atoms with E-state index < -0.39 is 51.5 Å². The van der Waals surface area contributed by atoms with Crippen molar-refractivity contribution in [2.75, 3.05) is 37.2 Å². The monoisotopic (exact) mass is 463 g/mol. The molecule has 7 nitrogen and oxygen atoms in total. The molecule has 174 valence electrons. The van der Waals surface area contributed by atoms with Crippen molar-refractivity contribution in [2.45, 2.75) is 39.5 Å². The molecule has 1 aromatic rings. The van der Waals surface area contributed by atoms with E-state index >= 15 is 0 Å². The Morgan fingerprint density at radius 2 is 1.87 bits per heavy atom. The van der Waals surface area contributed by atoms with Gasteiger partial charge in [-0.15, -0.1) is 0 Å². The molecule has 0 spiro atoms. The summed E-state index contributed by atoms with van der Waals surface area (Å²) in [6, 6.07) is 1.59. The Balaban J connectivity index is 2.08. The zero-order chi connectivity index (χ0) is 23.2. The smallest absolute Gasteiger partial charge is 0.244 e. The average Bonchev–Trinajstić information content (AvgIpc) is 2.73. The van der Waals surface area contributed by atoms with Crippen molar-refractivity contribution in [3.8, 4) is 0 Å². The van der Waals surface area contributed by atoms with Gasteiger partial charge in [-0.2, -0.15) is 0 Å². The second-order valence-electron chi connectivity index (χ2n) is 7.54. The maximum atomic E-state index is 13.8. The minimum atomic E-state index is -3.44. The summed E-state index contributed by atoms with van der Waals surface area (Å²) >= 11 is 0. The summed E-state index contributed by atoms with van der Waals surface area (Å²) < 4.78 is 66.3. The van der Waals surface area contributed by atoms with Crippen molar-refractivity contribution in [3.05, 3.63) is 29.6 Å². The molecule has 31 heavy (non-hydrogen) atoms. The number of carbonyl (C=O) groups excluding carboxylic acids is 2. The van der Waals surface area contributed by atoms with Crippen LogP contribution in [0.1, 0.15) is 39.5 Å². The second-order valence-corrected chi connectivity index (χ2v) is 9.63. The molecule has 0 radical (unpaired) electrons. The third-order valence-corrected chi connectivity index (χ3v) is 7.08. The molecule has 0 aromatic heterocycles. The number of nitrogens with one attached hydrogen (secondary N) is 1. The van der Waals surface area contributed by atoms with E-state index in [0.717, 1.165) is 6.07 Å². The number of nitrogens with zero attached hydrogens (tertiary/aromatic N) is 2. The number of carbonyl (C=O) groups is 2. The highest BCUT2D eigenvalue weighted by Crippen LogP contribution is 2.23. The lowest BCUT2D eigenvalue weighted by Gasteiger charge is -2.34. The summed E-state index contributed by atoms with van der Waals surface area (Å²) in [5, 5.41) is 2.15. The Bertz CT molecular complexity index is 911. The van der Waals surface area contributed by atoms with Gasteiger partial charge in [-0.1, -0.05) is 13.8 Å². The molecule has 0 bridgehead atoms. The minimum absolute atomic E-state index is 0.00871. The van der Waals surface area contributed by atoms with Gasteiger partial charge in [0.25, 0.3) is 0 Å². The first-order valence-corrected chi connectivity index (χ1v) is 11.9. The van der Waals surface area contributed by atoms with Crippen LogP contribution in [-0.2, 0) is 19.6 Å². The predicted molar refractivity (Wildman–Crippen MR) is 110 cm³/mol. The topological polar surface area (TPSA) is 86.8 Å². The highest BCUT2D eigenvalue weighted by molar-refractivity contribution is 7.89. The van der Waals surface area contributed by atoms with Crippen molar-refractivity contribution in [3.63, 3.8) is 0 Å². The Morgan fingerprint density at radius 3 is 2.52 bits per heavy atom. The van der Waals surface area contributed by atoms with Crippen molar-refractivity contribution in [1.82, 2.24) is 9.21 Å². The number of hydrogen-bond acceptors (Lipinski definition) is 4. The van der Waals surface area contributed by atoms with Crippen LogP contribution in [0.25, 0.3) is 0 Å². The third kappa shape index (κ3) is 6.42. The molecule has 1 unspecified atom stereocenters. The van der Waals surface area contributed by atoms with Gasteiger partial charge in [-0.25, -0.2) is 25.9 Å². The Labute approximate surface area is 180 Å². The Morgan fingerprint density at radius 1 is 1.16 bits per heavy atom. The zero-order valence-electron chi connectivity index (χ0n) is 17.7. The lowest BCUT2D eigenvalue weighted by atomic mass is 9.98. The number of rotatable bonds is 9. The van der Waals surface area contributed by atoms with E-state index in [1.165, 1.54) is 9.21 Å². The van der Waals surface area contributed by atoms with Crippen LogP contribution in [0, 0.1) is 23.4 Å². The predicted octanol–water partition coefficient (Wildman–Crippen LogP) is 2.73. The van der Waals surface area contributed by atoms with Crippen molar-refractivity contribution in [2.24, 2.45) is 5.92 Å². The van der Waals surface area contributed by atoms with Crippen molar-refractivity contribution >= 4 is 27.5 Å². The molecule has 1 fully saturated rings. The quantitative estimate of drug-likeness (QED) is 0.571. The summed E-state index contributed by atoms with van der Waals surface area (Å²) in [5.74, 6) is -6.30. The normalized spacial score (nSPS) is 17.4. The second kappa shape index (κ2) is 10.9. The first-order valence-electron chi connectivity index (χ1n) is 10.3. The van der Waals surface area contributed by atoms with Crippen LogP contribution in [0.15, 0.2) is 12.1 Å². The molecule has 1 aliphatic rings. The van der Waals surface area contributed by atoms with Gasteiger partial charge in [0.15, 0.2) is 17.5 Å². The number of hydrogen-bond donors (Lipinski definition) is 1. The van der Waals surface area contributed by atoms with Crippen LogP contribution < -0.4 is 5.32 Å². The van der Waals surface area contributed by atoms with Crippen LogP contribution in [0.4, 0.5) is 18.9 Å². The SMILES string of the molecule is CCCN(CC(=O)Nc1ccc(F)c(F)c1F)C(=O)C1CCCN(S(=O)(=O)CCC)C1. The summed E-state index contributed by atoms with van der Waals surface area (Å²) in [4.78, 5) is 26.6. The summed E-state index contributed by atoms with van der Waals surface area (Å²) in [6.07, 6.45) is 2.05. The first kappa shape index (κ1) is 25.1. The van der Waals surface area contributed by atoms with E-state index in [-0.39, 0.29) is 24.7 Å². The number of halogens is 3. The van der Waals surface area contributed by atoms with Crippen molar-refractivity contribution in [1.29, 1.82) is 0 Å². The highest BCUT2D eigenvalue weighted by atomic mass is 32.2. The van der Waals surface area contributed by atoms with Crippen LogP contribution in [-0.4, -0.2) is 61.4 Å². The first-order chi connectivity index (χ1) is 14.6. The van der Waals surface area contributed by atoms with E-state index in [9.17, 15) is 31.2 Å². The number of sulfonamides is 1. The summed E-state index contributed by atoms with van der Waals surface area (Å²) in [6.45, 7) is 3.82. The van der Waals surface area contributed by atoms with Gasteiger partial charge in [0.1, 0.15) is 0 Å². The van der Waals surface area contributed by atoms with E-state index in [0.29, 0.717) is 38.3 Å². The molecule has 1 aliphatic heterocycles. The van der Waals surface area contributed by atoms with Crippen LogP contribution in [0.2, 0.25) is 0 Å². The van der Waals surface area contributed by atoms with Gasteiger partial charge >= 0.3 is 0 Å². The minimum Gasteiger partial charge on any atom is -0.333 e. The van der Waals surface area contributed by atoms with Gasteiger partial charge in [0.05, 0.1) is 23.9 Å². The summed E-state index contributed by atoms with van der Waals surface area (Å²) in [7, 11) is -3.44. The molecular formula is C20H28F3N3O4S. The molecular weight excluding hydrogens is 435 g/mol. The van der Waals surface area contributed by atoms with Crippen molar-refractivity contribution < 1.29 is 31.2 Å². The molecule has 2 rings (SSSR count). The van der Waals surface area contributed by atoms with Gasteiger partial charge in [0, 0.05) is 19.6 Å². The standard InChI is InChI=1S/C20H28F3N3O4S/c1-3-9-25(13-17(27)24-16-8-7-15(21)18(22)19(16)23)20(28)14-6-5-10-26(12-14)31(29,30)11-4-2/h7-8,14H,3-6,9-13H2,1-2H3,(H,24,27). The molecule has 0 saturated carbocycles. The fraction of sp³-hybridized carbons (Fsp3) is 0.600. The fourth-order valence-corrected chi connectivity index (χ4v) is 5.15. The van der Waals surface area contributed by atoms with Gasteiger partial charge in [0.2, 0.25) is 21.8 Å². The molecule has 1 aromatic carbocycles. The van der Waals surface area contributed by atoms with Crippen LogP contribution >= 0.6 is 0 Å². The Kier molecular flexibility index (Phi) is 8.87. The largest absolute Gasteiger partial charge is 0.333 e. The molecule has 1 saturated heterocycles. The van der Waals surface area contributed by atoms with E-state index in [1.54, 1.807) is 6.92 Å². The van der Waals surface area contributed by atoms with Gasteiger partial charge in [-0.3, -0.25) is 9.59 Å².